The van der Waals surface area contributed by atoms with Crippen LogP contribution in [-0.2, 0) is 28.6 Å². The van der Waals surface area contributed by atoms with Gasteiger partial charge in [-0.05, 0) is 83.5 Å². The minimum Gasteiger partial charge on any atom is -0.477 e. The van der Waals surface area contributed by atoms with Crippen molar-refractivity contribution in [3.8, 4) is 0 Å². The first-order chi connectivity index (χ1) is 29.1. The van der Waals surface area contributed by atoms with Gasteiger partial charge in [0.15, 0.2) is 12.1 Å². The number of hydrogen-bond acceptors (Lipinski definition) is 6. The highest BCUT2D eigenvalue weighted by atomic mass is 16.6. The summed E-state index contributed by atoms with van der Waals surface area (Å²) >= 11 is 0. The van der Waals surface area contributed by atoms with Crippen LogP contribution in [-0.4, -0.2) is 80.6 Å². The number of likely N-dealkylation sites (N-methyl/N-ethyl adjacent to an activating group) is 1. The van der Waals surface area contributed by atoms with E-state index in [-0.39, 0.29) is 49.1 Å². The zero-order valence-corrected chi connectivity index (χ0v) is 38.1. The van der Waals surface area contributed by atoms with E-state index in [1.807, 2.05) is 33.3 Å². The number of carbonyl (C=O) groups is 3. The predicted molar refractivity (Wildman–Crippen MR) is 252 cm³/mol. The molecule has 0 aliphatic carbocycles. The molecule has 8 heteroatoms. The van der Waals surface area contributed by atoms with E-state index in [0.717, 1.165) is 96.3 Å². The van der Waals surface area contributed by atoms with Crippen LogP contribution in [0.4, 0.5) is 0 Å². The molecule has 8 nitrogen and oxygen atoms in total. The van der Waals surface area contributed by atoms with E-state index in [9.17, 15) is 19.5 Å². The molecule has 0 saturated carbocycles. The number of aliphatic carboxylic acids is 1. The van der Waals surface area contributed by atoms with Gasteiger partial charge in [0.2, 0.25) is 0 Å². The van der Waals surface area contributed by atoms with Crippen LogP contribution in [0.3, 0.4) is 0 Å². The molecule has 0 aliphatic heterocycles. The molecule has 60 heavy (non-hydrogen) atoms. The van der Waals surface area contributed by atoms with Gasteiger partial charge in [-0.25, -0.2) is 4.79 Å². The molecule has 0 fully saturated rings. The average molecular weight is 833 g/mol. The fraction of sp³-hybridized carbons (Fsp3) is 0.558. The molecule has 0 amide bonds. The van der Waals surface area contributed by atoms with Gasteiger partial charge in [-0.1, -0.05) is 155 Å². The maximum absolute atomic E-state index is 12.7. The van der Waals surface area contributed by atoms with E-state index in [4.69, 9.17) is 14.2 Å². The van der Waals surface area contributed by atoms with Crippen molar-refractivity contribution in [2.24, 2.45) is 0 Å². The quantitative estimate of drug-likeness (QED) is 0.0217. The summed E-state index contributed by atoms with van der Waals surface area (Å²) in [5, 5.41) is 9.62. The SMILES string of the molecule is CC/C=C/C=C/C=C/CCCCCCCC(=O)OC(COCCC(C(=O)O)[N+](C)(C)C)COC(=O)CCC/C=C/C/C=C/C/C=C/C/C=C/C/C=C/C/C=C/C/C=C/CC. The van der Waals surface area contributed by atoms with Crippen molar-refractivity contribution in [3.05, 3.63) is 122 Å². The van der Waals surface area contributed by atoms with Crippen molar-refractivity contribution in [1.29, 1.82) is 0 Å². The molecular formula is C52H82NO7+. The Labute approximate surface area is 365 Å². The molecule has 1 N–H and O–H groups in total. The third-order valence-corrected chi connectivity index (χ3v) is 9.17. The van der Waals surface area contributed by atoms with E-state index >= 15 is 0 Å². The van der Waals surface area contributed by atoms with Crippen LogP contribution < -0.4 is 0 Å². The Balaban J connectivity index is 4.45. The number of unbranched alkanes of at least 4 members (excludes halogenated alkanes) is 6. The molecule has 0 heterocycles. The average Bonchev–Trinajstić information content (AvgIpc) is 3.21. The van der Waals surface area contributed by atoms with Crippen molar-refractivity contribution in [1.82, 2.24) is 0 Å². The largest absolute Gasteiger partial charge is 0.477 e. The van der Waals surface area contributed by atoms with E-state index in [2.05, 4.69) is 123 Å². The van der Waals surface area contributed by atoms with Crippen LogP contribution in [0.15, 0.2) is 122 Å². The van der Waals surface area contributed by atoms with Crippen molar-refractivity contribution >= 4 is 17.9 Å². The molecule has 336 valence electrons. The topological polar surface area (TPSA) is 99.1 Å². The smallest absolute Gasteiger partial charge is 0.362 e. The maximum atomic E-state index is 12.7. The van der Waals surface area contributed by atoms with Crippen LogP contribution in [0.5, 0.6) is 0 Å². The predicted octanol–water partition coefficient (Wildman–Crippen LogP) is 12.6. The standard InChI is InChI=1S/C52H81NO7/c1-6-8-10-12-14-16-18-20-21-22-23-24-25-26-27-28-29-31-32-34-36-38-40-42-50(54)59-47-48(46-58-45-44-49(52(56)57)53(3,4)5)60-51(55)43-41-39-37-35-33-30-19-17-15-13-11-9-7-2/h8-11,13-17,19-21,23-24,26-27,29,31,34,36,48-49H,6-7,12,18,22,25,28,30,32-33,35,37-47H2,1-5H3/p+1/b10-8+,11-9+,15-13+,16-14+,19-17+,21-20+,24-23+,27-26+,31-29+,36-34+. The Morgan fingerprint density at radius 3 is 1.52 bits per heavy atom. The van der Waals surface area contributed by atoms with Gasteiger partial charge in [0.1, 0.15) is 6.61 Å². The van der Waals surface area contributed by atoms with E-state index in [0.29, 0.717) is 12.8 Å². The van der Waals surface area contributed by atoms with Crippen LogP contribution in [0, 0.1) is 0 Å². The van der Waals surface area contributed by atoms with Crippen LogP contribution in [0.25, 0.3) is 0 Å². The maximum Gasteiger partial charge on any atom is 0.362 e. The second-order valence-corrected chi connectivity index (χ2v) is 15.6. The molecule has 0 rings (SSSR count). The second-order valence-electron chi connectivity index (χ2n) is 15.6. The van der Waals surface area contributed by atoms with Gasteiger partial charge in [0, 0.05) is 19.3 Å². The third-order valence-electron chi connectivity index (χ3n) is 9.17. The van der Waals surface area contributed by atoms with Gasteiger partial charge in [-0.2, -0.15) is 0 Å². The summed E-state index contributed by atoms with van der Waals surface area (Å²) in [5.41, 5.74) is 0. The summed E-state index contributed by atoms with van der Waals surface area (Å²) in [5.74, 6) is -1.59. The minimum atomic E-state index is -0.893. The summed E-state index contributed by atoms with van der Waals surface area (Å²) in [4.78, 5) is 37.0. The zero-order valence-electron chi connectivity index (χ0n) is 38.1. The highest BCUT2D eigenvalue weighted by Crippen LogP contribution is 2.12. The molecule has 0 bridgehead atoms. The number of carboxylic acids is 1. The van der Waals surface area contributed by atoms with Crippen molar-refractivity contribution in [2.45, 2.75) is 148 Å². The number of ether oxygens (including phenoxy) is 3. The number of hydrogen-bond donors (Lipinski definition) is 1. The number of allylic oxidation sites excluding steroid dienone is 20. The molecule has 2 atom stereocenters. The lowest BCUT2D eigenvalue weighted by molar-refractivity contribution is -0.887. The first-order valence-corrected chi connectivity index (χ1v) is 22.6. The Hall–Kier alpha value is -4.27. The molecule has 0 aromatic carbocycles. The van der Waals surface area contributed by atoms with Crippen molar-refractivity contribution in [3.63, 3.8) is 0 Å². The minimum absolute atomic E-state index is 0.0252. The van der Waals surface area contributed by atoms with Crippen molar-refractivity contribution < 1.29 is 38.2 Å². The lowest BCUT2D eigenvalue weighted by atomic mass is 10.1. The summed E-state index contributed by atoms with van der Waals surface area (Å²) in [6.45, 7) is 4.37. The highest BCUT2D eigenvalue weighted by Gasteiger charge is 2.31. The molecule has 0 radical (unpaired) electrons. The highest BCUT2D eigenvalue weighted by molar-refractivity contribution is 5.72. The van der Waals surface area contributed by atoms with E-state index < -0.39 is 18.1 Å². The van der Waals surface area contributed by atoms with Gasteiger partial charge < -0.3 is 23.8 Å². The third kappa shape index (κ3) is 39.2. The normalized spacial score (nSPS) is 14.1. The molecular weight excluding hydrogens is 751 g/mol. The number of carbonyl (C=O) groups excluding carboxylic acids is 2. The summed E-state index contributed by atoms with van der Waals surface area (Å²) in [6.07, 6.45) is 58.3. The number of carboxylic acid groups (broad SMARTS) is 1. The molecule has 0 saturated heterocycles. The fourth-order valence-electron chi connectivity index (χ4n) is 5.73. The number of quaternary nitrogens is 1. The first kappa shape index (κ1) is 55.7. The lowest BCUT2D eigenvalue weighted by Crippen LogP contribution is -2.50. The molecule has 0 spiro atoms. The fourth-order valence-corrected chi connectivity index (χ4v) is 5.73. The van der Waals surface area contributed by atoms with Gasteiger partial charge in [0.05, 0.1) is 34.4 Å². The van der Waals surface area contributed by atoms with Gasteiger partial charge in [0.25, 0.3) is 0 Å². The molecule has 0 aromatic rings. The lowest BCUT2D eigenvalue weighted by Gasteiger charge is -2.31. The number of nitrogens with zero attached hydrogens (tertiary/aromatic N) is 1. The Morgan fingerprint density at radius 2 is 0.983 bits per heavy atom. The Kier molecular flexibility index (Phi) is 38.5. The number of esters is 2. The monoisotopic (exact) mass is 833 g/mol. The van der Waals surface area contributed by atoms with E-state index in [1.54, 1.807) is 0 Å². The Bertz CT molecular complexity index is 1390. The van der Waals surface area contributed by atoms with Crippen LogP contribution in [0.2, 0.25) is 0 Å². The summed E-state index contributed by atoms with van der Waals surface area (Å²) < 4.78 is 17.2. The first-order valence-electron chi connectivity index (χ1n) is 22.6. The molecule has 2 unspecified atom stereocenters. The second kappa shape index (κ2) is 41.5. The van der Waals surface area contributed by atoms with Crippen LogP contribution >= 0.6 is 0 Å². The number of rotatable bonds is 38. The molecule has 0 aromatic heterocycles. The van der Waals surface area contributed by atoms with Gasteiger partial charge in [-0.15, -0.1) is 0 Å². The van der Waals surface area contributed by atoms with Crippen LogP contribution in [0.1, 0.15) is 136 Å². The molecule has 0 aliphatic rings. The van der Waals surface area contributed by atoms with E-state index in [1.165, 1.54) is 0 Å². The van der Waals surface area contributed by atoms with Gasteiger partial charge >= 0.3 is 17.9 Å². The van der Waals surface area contributed by atoms with Crippen molar-refractivity contribution in [2.75, 3.05) is 41.0 Å². The summed E-state index contributed by atoms with van der Waals surface area (Å²) in [6, 6.07) is -0.635. The summed E-state index contributed by atoms with van der Waals surface area (Å²) in [7, 11) is 5.48. The Morgan fingerprint density at radius 1 is 0.517 bits per heavy atom. The van der Waals surface area contributed by atoms with Gasteiger partial charge in [-0.3, -0.25) is 9.59 Å². The zero-order chi connectivity index (χ0) is 44.2.